The number of ketones is 1. The minimum atomic E-state index is -0.314. The lowest BCUT2D eigenvalue weighted by atomic mass is 10.1. The van der Waals surface area contributed by atoms with Crippen molar-refractivity contribution in [1.82, 2.24) is 14.1 Å². The third-order valence-corrected chi connectivity index (χ3v) is 7.03. The number of nitriles is 1. The van der Waals surface area contributed by atoms with Crippen molar-refractivity contribution in [2.24, 2.45) is 11.7 Å². The second kappa shape index (κ2) is 9.55. The zero-order chi connectivity index (χ0) is 24.5. The topological polar surface area (TPSA) is 119 Å². The number of fused-ring (bicyclic) bond motifs is 1. The van der Waals surface area contributed by atoms with E-state index in [2.05, 4.69) is 16.0 Å². The molecule has 2 fully saturated rings. The van der Waals surface area contributed by atoms with E-state index in [9.17, 15) is 14.9 Å². The van der Waals surface area contributed by atoms with Crippen LogP contribution in [0.4, 0.5) is 5.82 Å². The van der Waals surface area contributed by atoms with Crippen molar-refractivity contribution in [3.8, 4) is 11.8 Å². The van der Waals surface area contributed by atoms with Gasteiger partial charge in [-0.15, -0.1) is 0 Å². The normalized spacial score (nSPS) is 18.0. The highest BCUT2D eigenvalue weighted by molar-refractivity contribution is 5.96. The average Bonchev–Trinajstić information content (AvgIpc) is 3.64. The molecule has 2 aromatic heterocycles. The number of aryl methyl sites for hydroxylation is 1. The van der Waals surface area contributed by atoms with Crippen LogP contribution in [0.1, 0.15) is 48.0 Å². The molecule has 1 aliphatic carbocycles. The summed E-state index contributed by atoms with van der Waals surface area (Å²) >= 11 is 0. The predicted octanol–water partition coefficient (Wildman–Crippen LogP) is 2.69. The number of nitrogens with zero attached hydrogens (tertiary/aromatic N) is 5. The molecule has 9 heteroatoms. The fourth-order valence-electron chi connectivity index (χ4n) is 4.98. The molecule has 1 saturated carbocycles. The summed E-state index contributed by atoms with van der Waals surface area (Å²) in [5.41, 5.74) is 7.59. The van der Waals surface area contributed by atoms with Crippen LogP contribution in [0.25, 0.3) is 11.0 Å². The Kier molecular flexibility index (Phi) is 6.31. The first-order valence-corrected chi connectivity index (χ1v) is 12.2. The van der Waals surface area contributed by atoms with Gasteiger partial charge in [-0.1, -0.05) is 25.0 Å². The lowest BCUT2D eigenvalue weighted by Crippen LogP contribution is -2.44. The van der Waals surface area contributed by atoms with Gasteiger partial charge in [0.15, 0.2) is 5.78 Å². The van der Waals surface area contributed by atoms with Gasteiger partial charge in [-0.05, 0) is 37.3 Å². The van der Waals surface area contributed by atoms with Gasteiger partial charge >= 0.3 is 0 Å². The summed E-state index contributed by atoms with van der Waals surface area (Å²) in [5.74, 6) is 1.75. The summed E-state index contributed by atoms with van der Waals surface area (Å²) in [4.78, 5) is 33.3. The zero-order valence-electron chi connectivity index (χ0n) is 19.9. The first-order valence-electron chi connectivity index (χ1n) is 12.2. The first-order chi connectivity index (χ1) is 17.0. The maximum atomic E-state index is 13.7. The Morgan fingerprint density at radius 1 is 1.31 bits per heavy atom. The van der Waals surface area contributed by atoms with Crippen LogP contribution < -0.4 is 20.9 Å². The molecule has 5 rings (SSSR count). The van der Waals surface area contributed by atoms with Crippen molar-refractivity contribution in [3.63, 3.8) is 0 Å². The van der Waals surface area contributed by atoms with Gasteiger partial charge in [0.1, 0.15) is 34.2 Å². The summed E-state index contributed by atoms with van der Waals surface area (Å²) in [6.45, 7) is 1.91. The van der Waals surface area contributed by atoms with Crippen molar-refractivity contribution < 1.29 is 9.53 Å². The van der Waals surface area contributed by atoms with E-state index in [4.69, 9.17) is 10.5 Å². The first kappa shape index (κ1) is 23.1. The van der Waals surface area contributed by atoms with E-state index in [1.165, 1.54) is 23.7 Å². The molecule has 2 N–H and O–H groups in total. The van der Waals surface area contributed by atoms with Gasteiger partial charge in [0.05, 0.1) is 20.0 Å². The number of Topliss-reactive ketones (excluding diaryl/α,β-unsaturated/α-hetero) is 1. The standard InChI is InChI=1S/C26H30N6O3/c1-35-20-6-2-4-18(12-20)22(33)15-31-16-29-23-21(13-27)25(30-10-3-5-19(28)14-30)32(24(23)26(31)34)11-9-17-7-8-17/h2,4,6,12,16-17,19H,3,5,7-11,14-15,28H2,1H3/t19-/m1/s1. The van der Waals surface area contributed by atoms with E-state index in [1.54, 1.807) is 31.4 Å². The second-order valence-electron chi connectivity index (χ2n) is 9.57. The molecule has 3 heterocycles. The van der Waals surface area contributed by atoms with Crippen molar-refractivity contribution in [2.75, 3.05) is 25.1 Å². The van der Waals surface area contributed by atoms with Crippen LogP contribution in [0, 0.1) is 17.2 Å². The van der Waals surface area contributed by atoms with Gasteiger partial charge in [0, 0.05) is 31.2 Å². The number of carbonyl (C=O) groups excluding carboxylic acids is 1. The number of nitrogens with two attached hydrogens (primary N) is 1. The van der Waals surface area contributed by atoms with E-state index < -0.39 is 0 Å². The monoisotopic (exact) mass is 474 g/mol. The van der Waals surface area contributed by atoms with Crippen LogP contribution >= 0.6 is 0 Å². The van der Waals surface area contributed by atoms with E-state index in [0.29, 0.717) is 46.9 Å². The summed E-state index contributed by atoms with van der Waals surface area (Å²) in [7, 11) is 1.54. The number of piperidine rings is 1. The number of methoxy groups -OCH3 is 1. The van der Waals surface area contributed by atoms with E-state index in [-0.39, 0.29) is 23.9 Å². The smallest absolute Gasteiger partial charge is 0.278 e. The fourth-order valence-corrected chi connectivity index (χ4v) is 4.98. The summed E-state index contributed by atoms with van der Waals surface area (Å²) < 4.78 is 8.52. The minimum absolute atomic E-state index is 0.0234. The third kappa shape index (κ3) is 4.54. The van der Waals surface area contributed by atoms with E-state index in [0.717, 1.165) is 31.6 Å². The van der Waals surface area contributed by atoms with Crippen LogP contribution in [0.5, 0.6) is 5.75 Å². The molecule has 0 bridgehead atoms. The fraction of sp³-hybridized carbons (Fsp3) is 0.462. The lowest BCUT2D eigenvalue weighted by Gasteiger charge is -2.33. The lowest BCUT2D eigenvalue weighted by molar-refractivity contribution is 0.0970. The minimum Gasteiger partial charge on any atom is -0.497 e. The highest BCUT2D eigenvalue weighted by atomic mass is 16.5. The van der Waals surface area contributed by atoms with E-state index in [1.807, 2.05) is 4.57 Å². The molecule has 35 heavy (non-hydrogen) atoms. The zero-order valence-corrected chi connectivity index (χ0v) is 19.9. The van der Waals surface area contributed by atoms with Crippen molar-refractivity contribution >= 4 is 22.6 Å². The quantitative estimate of drug-likeness (QED) is 0.499. The Morgan fingerprint density at radius 3 is 2.86 bits per heavy atom. The van der Waals surface area contributed by atoms with Crippen molar-refractivity contribution in [1.29, 1.82) is 5.26 Å². The van der Waals surface area contributed by atoms with E-state index >= 15 is 0 Å². The Morgan fingerprint density at radius 2 is 2.14 bits per heavy atom. The van der Waals surface area contributed by atoms with Gasteiger partial charge in [-0.2, -0.15) is 5.26 Å². The molecule has 0 amide bonds. The molecule has 1 aliphatic heterocycles. The number of anilines is 1. The Bertz CT molecular complexity index is 1360. The van der Waals surface area contributed by atoms with Crippen LogP contribution in [-0.4, -0.2) is 46.1 Å². The Labute approximate surface area is 203 Å². The third-order valence-electron chi connectivity index (χ3n) is 7.03. The van der Waals surface area contributed by atoms with Gasteiger partial charge < -0.3 is 19.9 Å². The molecule has 0 radical (unpaired) electrons. The number of rotatable bonds is 8. The van der Waals surface area contributed by atoms with Crippen LogP contribution in [-0.2, 0) is 13.1 Å². The molecular formula is C26H30N6O3. The van der Waals surface area contributed by atoms with Crippen molar-refractivity contribution in [2.45, 2.75) is 51.2 Å². The molecule has 1 saturated heterocycles. The number of benzene rings is 1. The maximum absolute atomic E-state index is 13.7. The summed E-state index contributed by atoms with van der Waals surface area (Å²) in [6, 6.07) is 9.19. The number of carbonyl (C=O) groups is 1. The van der Waals surface area contributed by atoms with Crippen molar-refractivity contribution in [3.05, 3.63) is 52.1 Å². The highest BCUT2D eigenvalue weighted by Crippen LogP contribution is 2.36. The molecule has 0 spiro atoms. The number of aromatic nitrogens is 3. The number of hydrogen-bond acceptors (Lipinski definition) is 7. The Balaban J connectivity index is 1.58. The van der Waals surface area contributed by atoms with Gasteiger partial charge in [0.2, 0.25) is 0 Å². The molecule has 182 valence electrons. The molecule has 1 atom stereocenters. The molecular weight excluding hydrogens is 444 g/mol. The SMILES string of the molecule is COc1cccc(C(=O)Cn2cnc3c(C#N)c(N4CCC[C@@H](N)C4)n(CCC4CC4)c3c2=O)c1. The molecule has 1 aromatic carbocycles. The second-order valence-corrected chi connectivity index (χ2v) is 9.57. The Hall–Kier alpha value is -3.64. The van der Waals surface area contributed by atoms with Crippen LogP contribution in [0.15, 0.2) is 35.4 Å². The summed E-state index contributed by atoms with van der Waals surface area (Å²) in [6.07, 6.45) is 6.59. The van der Waals surface area contributed by atoms with Gasteiger partial charge in [-0.25, -0.2) is 4.98 Å². The average molecular weight is 475 g/mol. The highest BCUT2D eigenvalue weighted by Gasteiger charge is 2.30. The predicted molar refractivity (Wildman–Crippen MR) is 133 cm³/mol. The molecule has 2 aliphatic rings. The maximum Gasteiger partial charge on any atom is 0.278 e. The van der Waals surface area contributed by atoms with Crippen LogP contribution in [0.2, 0.25) is 0 Å². The number of hydrogen-bond donors (Lipinski definition) is 1. The summed E-state index contributed by atoms with van der Waals surface area (Å²) in [5, 5.41) is 10.1. The molecule has 9 nitrogen and oxygen atoms in total. The van der Waals surface area contributed by atoms with Gasteiger partial charge in [-0.3, -0.25) is 14.2 Å². The van der Waals surface area contributed by atoms with Crippen LogP contribution in [0.3, 0.4) is 0 Å². The number of ether oxygens (including phenoxy) is 1. The van der Waals surface area contributed by atoms with Gasteiger partial charge in [0.25, 0.3) is 5.56 Å². The largest absolute Gasteiger partial charge is 0.497 e. The molecule has 0 unspecified atom stereocenters. The molecule has 3 aromatic rings.